The molecule has 74 valence electrons. The molecule has 0 aromatic heterocycles. The van der Waals surface area contributed by atoms with Gasteiger partial charge < -0.3 is 15.8 Å². The van der Waals surface area contributed by atoms with Gasteiger partial charge in [0.05, 0.1) is 12.1 Å². The maximum absolute atomic E-state index is 5.70. The summed E-state index contributed by atoms with van der Waals surface area (Å²) in [6.45, 7) is 4.97. The average molecular weight is 182 g/mol. The van der Waals surface area contributed by atoms with Gasteiger partial charge >= 0.3 is 0 Å². The van der Waals surface area contributed by atoms with Gasteiger partial charge in [0.25, 0.3) is 0 Å². The maximum Gasteiger partial charge on any atom is 0.0661 e. The van der Waals surface area contributed by atoms with E-state index in [0.29, 0.717) is 6.54 Å². The molecule has 3 N–H and O–H groups in total. The summed E-state index contributed by atoms with van der Waals surface area (Å²) in [6, 6.07) is 0. The van der Waals surface area contributed by atoms with Crippen molar-refractivity contribution in [2.75, 3.05) is 26.3 Å². The summed E-state index contributed by atoms with van der Waals surface area (Å²) in [5.41, 5.74) is 5.73. The number of rotatable bonds is 4. The van der Waals surface area contributed by atoms with Gasteiger partial charge in [-0.3, -0.25) is 0 Å². The molecule has 3 heteroatoms. The van der Waals surface area contributed by atoms with Gasteiger partial charge in [0, 0.05) is 26.1 Å². The van der Waals surface area contributed by atoms with E-state index in [1.54, 1.807) is 0 Å². The number of ether oxygens (including phenoxy) is 1. The van der Waals surface area contributed by atoms with Crippen molar-refractivity contribution in [3.05, 3.63) is 0 Å². The molecule has 1 heterocycles. The van der Waals surface area contributed by atoms with Crippen LogP contribution in [0.5, 0.6) is 0 Å². The second-order valence-electron chi connectivity index (χ2n) is 3.39. The molecule has 0 bridgehead atoms. The van der Waals surface area contributed by atoms with Crippen molar-refractivity contribution in [2.45, 2.75) is 25.3 Å². The van der Waals surface area contributed by atoms with E-state index < -0.39 is 0 Å². The minimum absolute atomic E-state index is 0.0232. The normalized spacial score (nSPS) is 26.9. The van der Waals surface area contributed by atoms with Gasteiger partial charge in [-0.2, -0.15) is 0 Å². The molecular weight excluding hydrogens is 164 g/mol. The molecule has 1 saturated heterocycles. The highest BCUT2D eigenvalue weighted by molar-refractivity contribution is 4.98. The summed E-state index contributed by atoms with van der Waals surface area (Å²) >= 11 is 0. The third-order valence-electron chi connectivity index (χ3n) is 2.42. The van der Waals surface area contributed by atoms with Crippen LogP contribution < -0.4 is 11.1 Å². The zero-order valence-electron chi connectivity index (χ0n) is 8.23. The second kappa shape index (κ2) is 5.23. The molecule has 3 nitrogen and oxygen atoms in total. The first-order chi connectivity index (χ1) is 6.33. The van der Waals surface area contributed by atoms with Gasteiger partial charge in [-0.25, -0.2) is 0 Å². The lowest BCUT2D eigenvalue weighted by molar-refractivity contribution is 0.169. The Bertz CT molecular complexity index is 199. The molecule has 1 unspecified atom stereocenters. The molecule has 1 aliphatic rings. The Morgan fingerprint density at radius 3 is 3.00 bits per heavy atom. The topological polar surface area (TPSA) is 47.3 Å². The number of hydrogen-bond donors (Lipinski definition) is 2. The van der Waals surface area contributed by atoms with Crippen LogP contribution in [0.25, 0.3) is 0 Å². The Hall–Kier alpha value is -0.560. The zero-order valence-corrected chi connectivity index (χ0v) is 8.23. The SMILES string of the molecule is CC#CCCNC1(CN)CCOC1. The Labute approximate surface area is 80.0 Å². The van der Waals surface area contributed by atoms with E-state index in [0.717, 1.165) is 32.6 Å². The largest absolute Gasteiger partial charge is 0.379 e. The molecule has 1 fully saturated rings. The predicted octanol–water partition coefficient (Wildman–Crippen LogP) is 0.107. The quantitative estimate of drug-likeness (QED) is 0.479. The lowest BCUT2D eigenvalue weighted by Gasteiger charge is -2.26. The zero-order chi connectivity index (χ0) is 9.57. The third-order valence-corrected chi connectivity index (χ3v) is 2.42. The third kappa shape index (κ3) is 3.00. The smallest absolute Gasteiger partial charge is 0.0661 e. The van der Waals surface area contributed by atoms with Gasteiger partial charge in [0.1, 0.15) is 0 Å². The van der Waals surface area contributed by atoms with Crippen molar-refractivity contribution in [1.82, 2.24) is 5.32 Å². The lowest BCUT2D eigenvalue weighted by Crippen LogP contribution is -2.52. The van der Waals surface area contributed by atoms with E-state index >= 15 is 0 Å². The highest BCUT2D eigenvalue weighted by Gasteiger charge is 2.32. The molecular formula is C10H18N2O. The lowest BCUT2D eigenvalue weighted by atomic mass is 9.99. The van der Waals surface area contributed by atoms with Crippen LogP contribution >= 0.6 is 0 Å². The van der Waals surface area contributed by atoms with E-state index in [1.807, 2.05) is 6.92 Å². The number of hydrogen-bond acceptors (Lipinski definition) is 3. The molecule has 0 spiro atoms. The summed E-state index contributed by atoms with van der Waals surface area (Å²) in [7, 11) is 0. The first kappa shape index (κ1) is 10.5. The van der Waals surface area contributed by atoms with Gasteiger partial charge in [-0.15, -0.1) is 11.8 Å². The fourth-order valence-corrected chi connectivity index (χ4v) is 1.49. The van der Waals surface area contributed by atoms with Crippen LogP contribution in [-0.4, -0.2) is 31.8 Å². The Morgan fingerprint density at radius 1 is 1.62 bits per heavy atom. The monoisotopic (exact) mass is 182 g/mol. The number of nitrogens with two attached hydrogens (primary N) is 1. The van der Waals surface area contributed by atoms with Gasteiger partial charge in [-0.1, -0.05) is 0 Å². The molecule has 0 aromatic rings. The summed E-state index contributed by atoms with van der Waals surface area (Å²) in [6.07, 6.45) is 1.90. The van der Waals surface area contributed by atoms with Crippen LogP contribution in [-0.2, 0) is 4.74 Å². The van der Waals surface area contributed by atoms with Crippen LogP contribution in [0, 0.1) is 11.8 Å². The molecule has 1 rings (SSSR count). The van der Waals surface area contributed by atoms with Crippen molar-refractivity contribution in [3.63, 3.8) is 0 Å². The predicted molar refractivity (Wildman–Crippen MR) is 53.3 cm³/mol. The van der Waals surface area contributed by atoms with Gasteiger partial charge in [0.15, 0.2) is 0 Å². The molecule has 0 aliphatic carbocycles. The van der Waals surface area contributed by atoms with E-state index in [4.69, 9.17) is 10.5 Å². The van der Waals surface area contributed by atoms with Crippen LogP contribution in [0.15, 0.2) is 0 Å². The van der Waals surface area contributed by atoms with Crippen LogP contribution in [0.1, 0.15) is 19.8 Å². The van der Waals surface area contributed by atoms with Crippen molar-refractivity contribution >= 4 is 0 Å². The summed E-state index contributed by atoms with van der Waals surface area (Å²) in [5, 5.41) is 3.43. The molecule has 1 aliphatic heterocycles. The van der Waals surface area contributed by atoms with E-state index in [9.17, 15) is 0 Å². The maximum atomic E-state index is 5.70. The molecule has 0 amide bonds. The van der Waals surface area contributed by atoms with Gasteiger partial charge in [-0.05, 0) is 13.3 Å². The number of nitrogens with one attached hydrogen (secondary N) is 1. The van der Waals surface area contributed by atoms with Crippen molar-refractivity contribution < 1.29 is 4.74 Å². The first-order valence-electron chi connectivity index (χ1n) is 4.75. The van der Waals surface area contributed by atoms with E-state index in [-0.39, 0.29) is 5.54 Å². The summed E-state index contributed by atoms with van der Waals surface area (Å²) < 4.78 is 5.33. The van der Waals surface area contributed by atoms with Crippen LogP contribution in [0.4, 0.5) is 0 Å². The molecule has 13 heavy (non-hydrogen) atoms. The minimum atomic E-state index is 0.0232. The standard InChI is InChI=1S/C10H18N2O/c1-2-3-4-6-12-10(8-11)5-7-13-9-10/h12H,4-9,11H2,1H3. The van der Waals surface area contributed by atoms with E-state index in [2.05, 4.69) is 17.2 Å². The molecule has 1 atom stereocenters. The summed E-state index contributed by atoms with van der Waals surface area (Å²) in [5.74, 6) is 5.89. The molecule has 0 aromatic carbocycles. The van der Waals surface area contributed by atoms with Gasteiger partial charge in [0.2, 0.25) is 0 Å². The minimum Gasteiger partial charge on any atom is -0.379 e. The molecule has 0 radical (unpaired) electrons. The Balaban J connectivity index is 2.26. The highest BCUT2D eigenvalue weighted by atomic mass is 16.5. The highest BCUT2D eigenvalue weighted by Crippen LogP contribution is 2.16. The fourth-order valence-electron chi connectivity index (χ4n) is 1.49. The van der Waals surface area contributed by atoms with Crippen molar-refractivity contribution in [2.24, 2.45) is 5.73 Å². The first-order valence-corrected chi connectivity index (χ1v) is 4.75. The van der Waals surface area contributed by atoms with Crippen LogP contribution in [0.2, 0.25) is 0 Å². The molecule has 0 saturated carbocycles. The Kier molecular flexibility index (Phi) is 4.23. The second-order valence-corrected chi connectivity index (χ2v) is 3.39. The fraction of sp³-hybridized carbons (Fsp3) is 0.800. The van der Waals surface area contributed by atoms with E-state index in [1.165, 1.54) is 0 Å². The average Bonchev–Trinajstić information content (AvgIpc) is 2.62. The van der Waals surface area contributed by atoms with Crippen molar-refractivity contribution in [3.8, 4) is 11.8 Å². The van der Waals surface area contributed by atoms with Crippen molar-refractivity contribution in [1.29, 1.82) is 0 Å². The van der Waals surface area contributed by atoms with Crippen LogP contribution in [0.3, 0.4) is 0 Å². The summed E-state index contributed by atoms with van der Waals surface area (Å²) in [4.78, 5) is 0. The Morgan fingerprint density at radius 2 is 2.46 bits per heavy atom.